The first kappa shape index (κ1) is 13.1. The van der Waals surface area contributed by atoms with Crippen molar-refractivity contribution in [3.8, 4) is 0 Å². The van der Waals surface area contributed by atoms with Crippen LogP contribution >= 0.6 is 23.2 Å². The lowest BCUT2D eigenvalue weighted by Crippen LogP contribution is -2.58. The van der Waals surface area contributed by atoms with Crippen LogP contribution in [0.1, 0.15) is 26.7 Å². The summed E-state index contributed by atoms with van der Waals surface area (Å²) in [6.45, 7) is 5.17. The van der Waals surface area contributed by atoms with Gasteiger partial charge < -0.3 is 10.2 Å². The molecule has 2 aliphatic rings. The number of anilines is 2. The van der Waals surface area contributed by atoms with E-state index in [0.29, 0.717) is 10.0 Å². The van der Waals surface area contributed by atoms with Crippen molar-refractivity contribution in [3.05, 3.63) is 22.2 Å². The van der Waals surface area contributed by atoms with E-state index < -0.39 is 0 Å². The summed E-state index contributed by atoms with van der Waals surface area (Å²) < 4.78 is 0. The lowest BCUT2D eigenvalue weighted by Gasteiger charge is -2.49. The van der Waals surface area contributed by atoms with Crippen molar-refractivity contribution in [2.45, 2.75) is 32.7 Å². The summed E-state index contributed by atoms with van der Waals surface area (Å²) in [6.07, 6.45) is 2.13. The van der Waals surface area contributed by atoms with E-state index in [9.17, 15) is 4.79 Å². The maximum atomic E-state index is 12.4. The van der Waals surface area contributed by atoms with Crippen LogP contribution in [0.4, 0.5) is 11.4 Å². The Bertz CT molecular complexity index is 557. The van der Waals surface area contributed by atoms with E-state index in [1.807, 2.05) is 6.07 Å². The second-order valence-electron chi connectivity index (χ2n) is 5.96. The molecule has 0 bridgehead atoms. The van der Waals surface area contributed by atoms with Crippen LogP contribution in [0.25, 0.3) is 0 Å². The highest BCUT2D eigenvalue weighted by Crippen LogP contribution is 2.45. The molecular weight excluding hydrogens is 283 g/mol. The van der Waals surface area contributed by atoms with Crippen molar-refractivity contribution in [1.29, 1.82) is 0 Å². The second kappa shape index (κ2) is 4.29. The first-order valence-corrected chi connectivity index (χ1v) is 7.22. The van der Waals surface area contributed by atoms with Gasteiger partial charge in [0.15, 0.2) is 0 Å². The van der Waals surface area contributed by atoms with Crippen LogP contribution in [0, 0.1) is 5.41 Å². The average Bonchev–Trinajstić information content (AvgIpc) is 2.31. The molecule has 3 rings (SSSR count). The van der Waals surface area contributed by atoms with Gasteiger partial charge in [0.05, 0.1) is 21.4 Å². The SMILES string of the molecule is CC1(C)CCCN2c3cc(Cl)c(Cl)cc3NC(=O)C21. The normalized spacial score (nSPS) is 24.5. The molecule has 0 saturated carbocycles. The quantitative estimate of drug-likeness (QED) is 0.787. The zero-order chi connectivity index (χ0) is 13.8. The number of hydrogen-bond acceptors (Lipinski definition) is 2. The van der Waals surface area contributed by atoms with Gasteiger partial charge >= 0.3 is 0 Å². The van der Waals surface area contributed by atoms with Gasteiger partial charge in [-0.25, -0.2) is 0 Å². The van der Waals surface area contributed by atoms with Gasteiger partial charge in [-0.15, -0.1) is 0 Å². The molecule has 1 atom stereocenters. The number of rotatable bonds is 0. The molecule has 1 aromatic rings. The van der Waals surface area contributed by atoms with Crippen molar-refractivity contribution < 1.29 is 4.79 Å². The molecule has 19 heavy (non-hydrogen) atoms. The van der Waals surface area contributed by atoms with E-state index in [0.717, 1.165) is 30.8 Å². The maximum absolute atomic E-state index is 12.4. The van der Waals surface area contributed by atoms with Gasteiger partial charge in [-0.05, 0) is 30.4 Å². The van der Waals surface area contributed by atoms with Gasteiger partial charge in [0, 0.05) is 6.54 Å². The molecule has 1 fully saturated rings. The minimum Gasteiger partial charge on any atom is -0.357 e. The molecule has 1 aromatic carbocycles. The Kier molecular flexibility index (Phi) is 2.95. The molecule has 0 radical (unpaired) electrons. The molecule has 1 N–H and O–H groups in total. The molecule has 3 nitrogen and oxygen atoms in total. The fraction of sp³-hybridized carbons (Fsp3) is 0.500. The number of hydrogen-bond donors (Lipinski definition) is 1. The predicted octanol–water partition coefficient (Wildman–Crippen LogP) is 3.94. The topological polar surface area (TPSA) is 32.3 Å². The van der Waals surface area contributed by atoms with E-state index in [1.165, 1.54) is 0 Å². The molecule has 0 spiro atoms. The lowest BCUT2D eigenvalue weighted by molar-refractivity contribution is -0.120. The molecular formula is C14H16Cl2N2O. The van der Waals surface area contributed by atoms with Gasteiger partial charge in [0.2, 0.25) is 5.91 Å². The zero-order valence-corrected chi connectivity index (χ0v) is 12.5. The first-order valence-electron chi connectivity index (χ1n) is 6.47. The van der Waals surface area contributed by atoms with Crippen molar-refractivity contribution in [3.63, 3.8) is 0 Å². The molecule has 1 amide bonds. The fourth-order valence-electron chi connectivity index (χ4n) is 3.22. The Morgan fingerprint density at radius 3 is 2.74 bits per heavy atom. The highest BCUT2D eigenvalue weighted by molar-refractivity contribution is 6.42. The lowest BCUT2D eigenvalue weighted by atomic mass is 9.75. The highest BCUT2D eigenvalue weighted by Gasteiger charge is 2.45. The monoisotopic (exact) mass is 298 g/mol. The number of benzene rings is 1. The summed E-state index contributed by atoms with van der Waals surface area (Å²) in [5, 5.41) is 3.95. The number of carbonyl (C=O) groups excluding carboxylic acids is 1. The van der Waals surface area contributed by atoms with Crippen LogP contribution in [0.2, 0.25) is 10.0 Å². The molecule has 1 unspecified atom stereocenters. The number of piperidine rings is 1. The third kappa shape index (κ3) is 2.00. The van der Waals surface area contributed by atoms with E-state index in [1.54, 1.807) is 6.07 Å². The predicted molar refractivity (Wildman–Crippen MR) is 79.2 cm³/mol. The summed E-state index contributed by atoms with van der Waals surface area (Å²) in [6, 6.07) is 3.45. The smallest absolute Gasteiger partial charge is 0.247 e. The zero-order valence-electron chi connectivity index (χ0n) is 11.0. The minimum atomic E-state index is -0.133. The number of carbonyl (C=O) groups is 1. The van der Waals surface area contributed by atoms with Gasteiger partial charge in [0.1, 0.15) is 6.04 Å². The van der Waals surface area contributed by atoms with Gasteiger partial charge in [0.25, 0.3) is 0 Å². The van der Waals surface area contributed by atoms with Crippen LogP contribution in [-0.4, -0.2) is 18.5 Å². The number of nitrogens with zero attached hydrogens (tertiary/aromatic N) is 1. The first-order chi connectivity index (χ1) is 8.90. The fourth-order valence-corrected chi connectivity index (χ4v) is 3.55. The van der Waals surface area contributed by atoms with Crippen LogP contribution < -0.4 is 10.2 Å². The summed E-state index contributed by atoms with van der Waals surface area (Å²) >= 11 is 12.1. The summed E-state index contributed by atoms with van der Waals surface area (Å²) in [4.78, 5) is 14.5. The molecule has 2 heterocycles. The van der Waals surface area contributed by atoms with Crippen molar-refractivity contribution in [2.75, 3.05) is 16.8 Å². The van der Waals surface area contributed by atoms with E-state index in [4.69, 9.17) is 23.2 Å². The molecule has 1 saturated heterocycles. The van der Waals surface area contributed by atoms with Crippen molar-refractivity contribution >= 4 is 40.5 Å². The third-order valence-corrected chi connectivity index (χ3v) is 4.85. The van der Waals surface area contributed by atoms with Crippen molar-refractivity contribution in [2.24, 2.45) is 5.41 Å². The van der Waals surface area contributed by atoms with Crippen LogP contribution in [-0.2, 0) is 4.79 Å². The minimum absolute atomic E-state index is 0.0356. The third-order valence-electron chi connectivity index (χ3n) is 4.13. The molecule has 0 aromatic heterocycles. The summed E-state index contributed by atoms with van der Waals surface area (Å²) in [5.74, 6) is 0.0515. The summed E-state index contributed by atoms with van der Waals surface area (Å²) in [5.41, 5.74) is 1.70. The largest absolute Gasteiger partial charge is 0.357 e. The van der Waals surface area contributed by atoms with Crippen LogP contribution in [0.15, 0.2) is 12.1 Å². The van der Waals surface area contributed by atoms with Gasteiger partial charge in [-0.1, -0.05) is 37.0 Å². The summed E-state index contributed by atoms with van der Waals surface area (Å²) in [7, 11) is 0. The maximum Gasteiger partial charge on any atom is 0.247 e. The van der Waals surface area contributed by atoms with E-state index in [-0.39, 0.29) is 17.4 Å². The van der Waals surface area contributed by atoms with Gasteiger partial charge in [-0.2, -0.15) is 0 Å². The molecule has 2 aliphatic heterocycles. The number of nitrogens with one attached hydrogen (secondary N) is 1. The standard InChI is InChI=1S/C14H16Cl2N2O/c1-14(2)4-3-5-18-11-7-9(16)8(15)6-10(11)17-13(19)12(14)18/h6-7,12H,3-5H2,1-2H3,(H,17,19). The molecule has 102 valence electrons. The number of amides is 1. The van der Waals surface area contributed by atoms with Crippen LogP contribution in [0.5, 0.6) is 0 Å². The van der Waals surface area contributed by atoms with E-state index >= 15 is 0 Å². The Morgan fingerprint density at radius 1 is 1.32 bits per heavy atom. The number of fused-ring (bicyclic) bond motifs is 3. The molecule has 0 aliphatic carbocycles. The average molecular weight is 299 g/mol. The Balaban J connectivity index is 2.12. The van der Waals surface area contributed by atoms with Gasteiger partial charge in [-0.3, -0.25) is 4.79 Å². The van der Waals surface area contributed by atoms with Crippen molar-refractivity contribution in [1.82, 2.24) is 0 Å². The molecule has 5 heteroatoms. The Labute approximate surface area is 122 Å². The number of halogens is 2. The Hall–Kier alpha value is -0.930. The van der Waals surface area contributed by atoms with E-state index in [2.05, 4.69) is 24.1 Å². The second-order valence-corrected chi connectivity index (χ2v) is 6.78. The van der Waals surface area contributed by atoms with Crippen LogP contribution in [0.3, 0.4) is 0 Å². The highest BCUT2D eigenvalue weighted by atomic mass is 35.5. The Morgan fingerprint density at radius 2 is 2.00 bits per heavy atom.